The Morgan fingerprint density at radius 2 is 2.11 bits per heavy atom. The molecular weight excluding hydrogens is 262 g/mol. The summed E-state index contributed by atoms with van der Waals surface area (Å²) in [7, 11) is 2.78. The molecule has 0 radical (unpaired) electrons. The number of methoxy groups -OCH3 is 2. The molecule has 1 rings (SSSR count). The first-order valence-corrected chi connectivity index (χ1v) is 5.40. The van der Waals surface area contributed by atoms with Gasteiger partial charge in [0.1, 0.15) is 11.8 Å². The molecule has 0 saturated heterocycles. The fraction of sp³-hybridized carbons (Fsp3) is 0.364. The lowest BCUT2D eigenvalue weighted by Gasteiger charge is -2.16. The summed E-state index contributed by atoms with van der Waals surface area (Å²) in [6.07, 6.45) is -0.124. The first-order chi connectivity index (χ1) is 8.42. The van der Waals surface area contributed by atoms with E-state index in [1.807, 2.05) is 0 Å². The Labute approximate surface area is 109 Å². The second-order valence-electron chi connectivity index (χ2n) is 3.57. The molecule has 0 heterocycles. The van der Waals surface area contributed by atoms with Crippen LogP contribution in [0.4, 0.5) is 0 Å². The number of hydrogen-bond acceptors (Lipinski definition) is 5. The van der Waals surface area contributed by atoms with E-state index < -0.39 is 12.0 Å². The maximum absolute atomic E-state index is 10.7. The summed E-state index contributed by atoms with van der Waals surface area (Å²) in [4.78, 5) is 10.7. The number of carboxylic acids is 1. The van der Waals surface area contributed by atoms with E-state index in [4.69, 9.17) is 31.9 Å². The SMILES string of the molecule is COc1cc(Cl)c(O)c(CC(N)C(=O)O)c1OC. The van der Waals surface area contributed by atoms with Gasteiger partial charge in [0, 0.05) is 18.1 Å². The number of halogens is 1. The van der Waals surface area contributed by atoms with Crippen molar-refractivity contribution in [1.82, 2.24) is 0 Å². The van der Waals surface area contributed by atoms with Gasteiger partial charge in [0.05, 0.1) is 19.2 Å². The number of benzene rings is 1. The molecule has 0 fully saturated rings. The lowest BCUT2D eigenvalue weighted by Crippen LogP contribution is -2.32. The van der Waals surface area contributed by atoms with E-state index in [0.29, 0.717) is 5.75 Å². The van der Waals surface area contributed by atoms with Crippen molar-refractivity contribution in [2.24, 2.45) is 5.73 Å². The highest BCUT2D eigenvalue weighted by atomic mass is 35.5. The maximum atomic E-state index is 10.7. The normalized spacial score (nSPS) is 12.0. The predicted octanol–water partition coefficient (Wildman–Crippen LogP) is 1.02. The molecule has 100 valence electrons. The quantitative estimate of drug-likeness (QED) is 0.741. The highest BCUT2D eigenvalue weighted by Crippen LogP contribution is 2.42. The maximum Gasteiger partial charge on any atom is 0.320 e. The second kappa shape index (κ2) is 5.79. The van der Waals surface area contributed by atoms with E-state index in [2.05, 4.69) is 0 Å². The van der Waals surface area contributed by atoms with Gasteiger partial charge >= 0.3 is 5.97 Å². The molecule has 18 heavy (non-hydrogen) atoms. The van der Waals surface area contributed by atoms with E-state index in [-0.39, 0.29) is 28.5 Å². The standard InChI is InChI=1S/C11H14ClNO5/c1-17-8-4-6(12)9(14)5(10(8)18-2)3-7(13)11(15)16/h4,7,14H,3,13H2,1-2H3,(H,15,16). The van der Waals surface area contributed by atoms with Crippen LogP contribution in [0.5, 0.6) is 17.2 Å². The van der Waals surface area contributed by atoms with Crippen LogP contribution in [0.1, 0.15) is 5.56 Å². The molecule has 1 unspecified atom stereocenters. The third-order valence-corrected chi connectivity index (χ3v) is 2.72. The summed E-state index contributed by atoms with van der Waals surface area (Å²) in [6, 6.07) is 0.207. The Hall–Kier alpha value is -1.66. The molecule has 0 bridgehead atoms. The number of carboxylic acid groups (broad SMARTS) is 1. The highest BCUT2D eigenvalue weighted by Gasteiger charge is 2.23. The number of hydrogen-bond donors (Lipinski definition) is 3. The van der Waals surface area contributed by atoms with E-state index in [1.54, 1.807) is 0 Å². The van der Waals surface area contributed by atoms with Crippen molar-refractivity contribution in [2.45, 2.75) is 12.5 Å². The van der Waals surface area contributed by atoms with Gasteiger partial charge in [-0.05, 0) is 0 Å². The fourth-order valence-electron chi connectivity index (χ4n) is 1.52. The first kappa shape index (κ1) is 14.4. The van der Waals surface area contributed by atoms with E-state index in [9.17, 15) is 9.90 Å². The van der Waals surface area contributed by atoms with Gasteiger partial charge in [-0.15, -0.1) is 0 Å². The minimum absolute atomic E-state index is 0.0419. The molecule has 0 saturated carbocycles. The van der Waals surface area contributed by atoms with Crippen LogP contribution in [0.2, 0.25) is 5.02 Å². The van der Waals surface area contributed by atoms with Crippen molar-refractivity contribution in [3.63, 3.8) is 0 Å². The number of nitrogens with two attached hydrogens (primary N) is 1. The molecule has 0 aliphatic carbocycles. The Morgan fingerprint density at radius 1 is 1.50 bits per heavy atom. The van der Waals surface area contributed by atoms with Gasteiger partial charge in [-0.25, -0.2) is 0 Å². The smallest absolute Gasteiger partial charge is 0.320 e. The average Bonchev–Trinajstić information content (AvgIpc) is 2.34. The van der Waals surface area contributed by atoms with Gasteiger partial charge in [0.25, 0.3) is 0 Å². The minimum atomic E-state index is -1.18. The predicted molar refractivity (Wildman–Crippen MR) is 65.5 cm³/mol. The molecule has 0 aliphatic rings. The number of ether oxygens (including phenoxy) is 2. The van der Waals surface area contributed by atoms with Crippen molar-refractivity contribution < 1.29 is 24.5 Å². The largest absolute Gasteiger partial charge is 0.506 e. The van der Waals surface area contributed by atoms with Crippen LogP contribution >= 0.6 is 11.6 Å². The number of aromatic hydroxyl groups is 1. The lowest BCUT2D eigenvalue weighted by molar-refractivity contribution is -0.138. The molecule has 4 N–H and O–H groups in total. The van der Waals surface area contributed by atoms with Crippen LogP contribution in [-0.4, -0.2) is 36.4 Å². The molecule has 1 atom stereocenters. The molecular formula is C11H14ClNO5. The summed E-state index contributed by atoms with van der Waals surface area (Å²) in [6.45, 7) is 0. The van der Waals surface area contributed by atoms with Crippen LogP contribution in [0.15, 0.2) is 6.07 Å². The Kier molecular flexibility index (Phi) is 4.63. The van der Waals surface area contributed by atoms with Gasteiger partial charge in [-0.3, -0.25) is 4.79 Å². The zero-order chi connectivity index (χ0) is 13.9. The van der Waals surface area contributed by atoms with Gasteiger partial charge < -0.3 is 25.4 Å². The van der Waals surface area contributed by atoms with Crippen LogP contribution in [0.25, 0.3) is 0 Å². The van der Waals surface area contributed by atoms with E-state index >= 15 is 0 Å². The molecule has 0 aliphatic heterocycles. The number of phenolic OH excluding ortho intramolecular Hbond substituents is 1. The molecule has 6 nitrogen and oxygen atoms in total. The monoisotopic (exact) mass is 275 g/mol. The third-order valence-electron chi connectivity index (χ3n) is 2.43. The van der Waals surface area contributed by atoms with Crippen molar-refractivity contribution in [2.75, 3.05) is 14.2 Å². The zero-order valence-electron chi connectivity index (χ0n) is 9.94. The summed E-state index contributed by atoms with van der Waals surface area (Å²) >= 11 is 5.82. The van der Waals surface area contributed by atoms with Crippen LogP contribution in [0, 0.1) is 0 Å². The summed E-state index contributed by atoms with van der Waals surface area (Å²) in [5, 5.41) is 18.7. The average molecular weight is 276 g/mol. The molecule has 1 aromatic rings. The number of rotatable bonds is 5. The topological polar surface area (TPSA) is 102 Å². The van der Waals surface area contributed by atoms with Gasteiger partial charge in [0.15, 0.2) is 11.5 Å². The summed E-state index contributed by atoms with van der Waals surface area (Å²) < 4.78 is 10.1. The van der Waals surface area contributed by atoms with E-state index in [0.717, 1.165) is 0 Å². The van der Waals surface area contributed by atoms with Crippen molar-refractivity contribution in [3.05, 3.63) is 16.7 Å². The molecule has 0 aromatic heterocycles. The molecule has 0 spiro atoms. The lowest BCUT2D eigenvalue weighted by atomic mass is 10.0. The highest BCUT2D eigenvalue weighted by molar-refractivity contribution is 6.32. The van der Waals surface area contributed by atoms with Gasteiger partial charge in [-0.1, -0.05) is 11.6 Å². The van der Waals surface area contributed by atoms with Crippen LogP contribution in [-0.2, 0) is 11.2 Å². The number of phenols is 1. The molecule has 7 heteroatoms. The number of aliphatic carboxylic acids is 1. The Bertz CT molecular complexity index is 463. The second-order valence-corrected chi connectivity index (χ2v) is 3.98. The molecule has 0 amide bonds. The number of carbonyl (C=O) groups is 1. The van der Waals surface area contributed by atoms with Crippen molar-refractivity contribution >= 4 is 17.6 Å². The first-order valence-electron chi connectivity index (χ1n) is 5.03. The zero-order valence-corrected chi connectivity index (χ0v) is 10.7. The Balaban J connectivity index is 3.30. The van der Waals surface area contributed by atoms with Crippen LogP contribution < -0.4 is 15.2 Å². The van der Waals surface area contributed by atoms with E-state index in [1.165, 1.54) is 20.3 Å². The summed E-state index contributed by atoms with van der Waals surface area (Å²) in [5.74, 6) is -0.926. The fourth-order valence-corrected chi connectivity index (χ4v) is 1.73. The minimum Gasteiger partial charge on any atom is -0.506 e. The van der Waals surface area contributed by atoms with Gasteiger partial charge in [-0.2, -0.15) is 0 Å². The van der Waals surface area contributed by atoms with Crippen molar-refractivity contribution in [3.8, 4) is 17.2 Å². The molecule has 1 aromatic carbocycles. The van der Waals surface area contributed by atoms with Crippen molar-refractivity contribution in [1.29, 1.82) is 0 Å². The van der Waals surface area contributed by atoms with Crippen LogP contribution in [0.3, 0.4) is 0 Å². The van der Waals surface area contributed by atoms with Gasteiger partial charge in [0.2, 0.25) is 0 Å². The third kappa shape index (κ3) is 2.77. The summed E-state index contributed by atoms with van der Waals surface area (Å²) in [5.41, 5.74) is 5.64. The Morgan fingerprint density at radius 3 is 2.56 bits per heavy atom.